The minimum absolute atomic E-state index is 0.0150. The number of carbonyl (C=O) groups excluding carboxylic acids is 1. The number of esters is 1. The number of rotatable bonds is 6. The molecule has 0 saturated heterocycles. The Hall–Kier alpha value is -2.44. The molecule has 0 saturated carbocycles. The van der Waals surface area contributed by atoms with Gasteiger partial charge >= 0.3 is 11.9 Å². The smallest absolute Gasteiger partial charge is 0.338 e. The molecule has 1 rings (SSSR count). The third-order valence-corrected chi connectivity index (χ3v) is 2.40. The van der Waals surface area contributed by atoms with Gasteiger partial charge in [-0.05, 0) is 25.5 Å². The van der Waals surface area contributed by atoms with Crippen LogP contribution in [0.15, 0.2) is 18.2 Å². The molecule has 0 spiro atoms. The van der Waals surface area contributed by atoms with E-state index in [1.165, 1.54) is 18.2 Å². The molecule has 7 heteroatoms. The third kappa shape index (κ3) is 4.06. The first kappa shape index (κ1) is 14.6. The topological polar surface area (TPSA) is 107 Å². The van der Waals surface area contributed by atoms with Gasteiger partial charge < -0.3 is 9.84 Å². The highest BCUT2D eigenvalue weighted by Gasteiger charge is 2.17. The Morgan fingerprint density at radius 1 is 1.42 bits per heavy atom. The molecule has 19 heavy (non-hydrogen) atoms. The van der Waals surface area contributed by atoms with Crippen molar-refractivity contribution < 1.29 is 24.4 Å². The van der Waals surface area contributed by atoms with E-state index in [1.807, 2.05) is 0 Å². The molecule has 0 aliphatic carbocycles. The molecule has 0 radical (unpaired) electrons. The summed E-state index contributed by atoms with van der Waals surface area (Å²) in [6.07, 6.45) is -0.258. The first-order valence-corrected chi connectivity index (χ1v) is 5.62. The molecule has 0 aromatic heterocycles. The van der Waals surface area contributed by atoms with Gasteiger partial charge in [-0.3, -0.25) is 14.9 Å². The van der Waals surface area contributed by atoms with Crippen LogP contribution in [0.1, 0.15) is 29.3 Å². The number of aryl methyl sites for hydroxylation is 1. The Morgan fingerprint density at radius 3 is 2.63 bits per heavy atom. The van der Waals surface area contributed by atoms with E-state index in [4.69, 9.17) is 9.84 Å². The van der Waals surface area contributed by atoms with Gasteiger partial charge in [-0.1, -0.05) is 0 Å². The highest BCUT2D eigenvalue weighted by molar-refractivity contribution is 5.90. The van der Waals surface area contributed by atoms with Crippen LogP contribution in [-0.4, -0.2) is 28.6 Å². The molecule has 0 atom stereocenters. The van der Waals surface area contributed by atoms with Gasteiger partial charge in [0.2, 0.25) is 0 Å². The highest BCUT2D eigenvalue weighted by atomic mass is 16.6. The predicted octanol–water partition coefficient (Wildman–Crippen LogP) is 1.79. The van der Waals surface area contributed by atoms with E-state index in [0.29, 0.717) is 0 Å². The Labute approximate surface area is 109 Å². The van der Waals surface area contributed by atoms with Crippen molar-refractivity contribution in [2.75, 3.05) is 6.61 Å². The summed E-state index contributed by atoms with van der Waals surface area (Å²) in [5.74, 6) is -1.65. The van der Waals surface area contributed by atoms with Crippen molar-refractivity contribution in [2.24, 2.45) is 0 Å². The van der Waals surface area contributed by atoms with E-state index in [-0.39, 0.29) is 36.3 Å². The fourth-order valence-electron chi connectivity index (χ4n) is 1.55. The molecule has 0 heterocycles. The van der Waals surface area contributed by atoms with Gasteiger partial charge in [0.1, 0.15) is 0 Å². The summed E-state index contributed by atoms with van der Waals surface area (Å²) in [6.45, 7) is 1.84. The summed E-state index contributed by atoms with van der Waals surface area (Å²) in [5, 5.41) is 19.4. The van der Waals surface area contributed by atoms with Gasteiger partial charge in [-0.25, -0.2) is 4.79 Å². The van der Waals surface area contributed by atoms with Gasteiger partial charge in [-0.15, -0.1) is 0 Å². The van der Waals surface area contributed by atoms with E-state index in [0.717, 1.165) is 0 Å². The molecule has 0 aliphatic rings. The van der Waals surface area contributed by atoms with Crippen LogP contribution in [-0.2, 0) is 16.0 Å². The zero-order chi connectivity index (χ0) is 14.4. The van der Waals surface area contributed by atoms with Gasteiger partial charge in [0.25, 0.3) is 5.69 Å². The lowest BCUT2D eigenvalue weighted by Gasteiger charge is -2.05. The first-order valence-electron chi connectivity index (χ1n) is 5.62. The third-order valence-electron chi connectivity index (χ3n) is 2.40. The Balaban J connectivity index is 3.06. The fourth-order valence-corrected chi connectivity index (χ4v) is 1.55. The first-order chi connectivity index (χ1) is 8.95. The normalized spacial score (nSPS) is 9.95. The SMILES string of the molecule is CCOC(=O)c1ccc([N+](=O)[O-])c(CCC(=O)O)c1. The summed E-state index contributed by atoms with van der Waals surface area (Å²) in [6, 6.07) is 3.78. The molecule has 0 aliphatic heterocycles. The molecule has 0 amide bonds. The van der Waals surface area contributed by atoms with Crippen LogP contribution in [0, 0.1) is 10.1 Å². The van der Waals surface area contributed by atoms with Crippen LogP contribution in [0.25, 0.3) is 0 Å². The predicted molar refractivity (Wildman–Crippen MR) is 65.0 cm³/mol. The monoisotopic (exact) mass is 267 g/mol. The number of nitro groups is 1. The van der Waals surface area contributed by atoms with Crippen molar-refractivity contribution >= 4 is 17.6 Å². The zero-order valence-corrected chi connectivity index (χ0v) is 10.3. The van der Waals surface area contributed by atoms with Gasteiger partial charge in [0, 0.05) is 18.1 Å². The van der Waals surface area contributed by atoms with Crippen molar-refractivity contribution in [1.29, 1.82) is 0 Å². The van der Waals surface area contributed by atoms with E-state index in [9.17, 15) is 19.7 Å². The second kappa shape index (κ2) is 6.48. The average molecular weight is 267 g/mol. The van der Waals surface area contributed by atoms with Crippen molar-refractivity contribution in [2.45, 2.75) is 19.8 Å². The molecular weight excluding hydrogens is 254 g/mol. The van der Waals surface area contributed by atoms with E-state index in [1.54, 1.807) is 6.92 Å². The van der Waals surface area contributed by atoms with Gasteiger partial charge in [0.05, 0.1) is 17.1 Å². The summed E-state index contributed by atoms with van der Waals surface area (Å²) < 4.78 is 4.78. The van der Waals surface area contributed by atoms with Crippen LogP contribution < -0.4 is 0 Å². The Kier molecular flexibility index (Phi) is 4.99. The maximum absolute atomic E-state index is 11.5. The number of hydrogen-bond donors (Lipinski definition) is 1. The number of nitro benzene ring substituents is 1. The quantitative estimate of drug-likeness (QED) is 0.478. The molecule has 7 nitrogen and oxygen atoms in total. The zero-order valence-electron chi connectivity index (χ0n) is 10.3. The molecule has 1 aromatic rings. The van der Waals surface area contributed by atoms with Crippen molar-refractivity contribution in [3.05, 3.63) is 39.4 Å². The average Bonchev–Trinajstić information content (AvgIpc) is 2.36. The maximum Gasteiger partial charge on any atom is 0.338 e. The summed E-state index contributed by atoms with van der Waals surface area (Å²) in [5.41, 5.74) is 0.181. The molecule has 0 fully saturated rings. The van der Waals surface area contributed by atoms with Gasteiger partial charge in [-0.2, -0.15) is 0 Å². The number of carbonyl (C=O) groups is 2. The minimum atomic E-state index is -1.06. The lowest BCUT2D eigenvalue weighted by Crippen LogP contribution is -2.07. The molecule has 1 N–H and O–H groups in total. The summed E-state index contributed by atoms with van der Waals surface area (Å²) in [7, 11) is 0. The van der Waals surface area contributed by atoms with Crippen molar-refractivity contribution in [3.63, 3.8) is 0 Å². The van der Waals surface area contributed by atoms with Crippen LogP contribution in [0.5, 0.6) is 0 Å². The Bertz CT molecular complexity index is 511. The van der Waals surface area contributed by atoms with Crippen molar-refractivity contribution in [3.8, 4) is 0 Å². The van der Waals surface area contributed by atoms with E-state index >= 15 is 0 Å². The number of carboxylic acid groups (broad SMARTS) is 1. The van der Waals surface area contributed by atoms with Crippen LogP contribution >= 0.6 is 0 Å². The fraction of sp³-hybridized carbons (Fsp3) is 0.333. The molecule has 1 aromatic carbocycles. The minimum Gasteiger partial charge on any atom is -0.481 e. The Morgan fingerprint density at radius 2 is 2.11 bits per heavy atom. The molecular formula is C12H13NO6. The lowest BCUT2D eigenvalue weighted by atomic mass is 10.0. The largest absolute Gasteiger partial charge is 0.481 e. The second-order valence-electron chi connectivity index (χ2n) is 3.71. The summed E-state index contributed by atoms with van der Waals surface area (Å²) in [4.78, 5) is 32.2. The number of aliphatic carboxylic acids is 1. The highest BCUT2D eigenvalue weighted by Crippen LogP contribution is 2.22. The number of benzene rings is 1. The van der Waals surface area contributed by atoms with Crippen LogP contribution in [0.4, 0.5) is 5.69 Å². The number of nitrogens with zero attached hydrogens (tertiary/aromatic N) is 1. The van der Waals surface area contributed by atoms with E-state index < -0.39 is 16.9 Å². The van der Waals surface area contributed by atoms with Gasteiger partial charge in [0.15, 0.2) is 0 Å². The van der Waals surface area contributed by atoms with E-state index in [2.05, 4.69) is 0 Å². The molecule has 0 bridgehead atoms. The molecule has 102 valence electrons. The number of carboxylic acids is 1. The number of hydrogen-bond acceptors (Lipinski definition) is 5. The van der Waals surface area contributed by atoms with Crippen LogP contribution in [0.3, 0.4) is 0 Å². The van der Waals surface area contributed by atoms with Crippen molar-refractivity contribution in [1.82, 2.24) is 0 Å². The summed E-state index contributed by atoms with van der Waals surface area (Å²) >= 11 is 0. The van der Waals surface area contributed by atoms with Crippen LogP contribution in [0.2, 0.25) is 0 Å². The second-order valence-corrected chi connectivity index (χ2v) is 3.71. The standard InChI is InChI=1S/C12H13NO6/c1-2-19-12(16)9-3-5-10(13(17)18)8(7-9)4-6-11(14)15/h3,5,7H,2,4,6H2,1H3,(H,14,15). The maximum atomic E-state index is 11.5. The molecule has 0 unspecified atom stereocenters. The number of ether oxygens (including phenoxy) is 1. The lowest BCUT2D eigenvalue weighted by molar-refractivity contribution is -0.385.